The first-order valence-electron chi connectivity index (χ1n) is 10.9. The number of hydrogen-bond acceptors (Lipinski definition) is 3. The highest BCUT2D eigenvalue weighted by Crippen LogP contribution is 2.43. The van der Waals surface area contributed by atoms with Crippen molar-refractivity contribution in [3.05, 3.63) is 115 Å². The van der Waals surface area contributed by atoms with E-state index in [1.165, 1.54) is 6.21 Å². The van der Waals surface area contributed by atoms with E-state index in [0.717, 1.165) is 61.0 Å². The Bertz CT molecular complexity index is 1600. The predicted octanol–water partition coefficient (Wildman–Crippen LogP) is 7.98. The average molecular weight is 425 g/mol. The van der Waals surface area contributed by atoms with Crippen LogP contribution in [0.25, 0.3) is 55.4 Å². The second-order valence-electron chi connectivity index (χ2n) is 8.00. The molecule has 2 aromatic heterocycles. The lowest BCUT2D eigenvalue weighted by atomic mass is 9.94. The Morgan fingerprint density at radius 2 is 1.36 bits per heavy atom. The molecule has 3 heteroatoms. The summed E-state index contributed by atoms with van der Waals surface area (Å²) in [5.74, 6) is 0. The van der Waals surface area contributed by atoms with Crippen molar-refractivity contribution in [3.63, 3.8) is 0 Å². The molecule has 0 fully saturated rings. The zero-order chi connectivity index (χ0) is 22.2. The molecule has 3 nitrogen and oxygen atoms in total. The third-order valence-electron chi connectivity index (χ3n) is 6.04. The van der Waals surface area contributed by atoms with Gasteiger partial charge in [0.2, 0.25) is 0 Å². The summed E-state index contributed by atoms with van der Waals surface area (Å²) in [4.78, 5) is 4.55. The normalized spacial score (nSPS) is 11.2. The van der Waals surface area contributed by atoms with E-state index in [-0.39, 0.29) is 0 Å². The van der Waals surface area contributed by atoms with Gasteiger partial charge in [-0.25, -0.2) is 0 Å². The molecule has 0 atom stereocenters. The van der Waals surface area contributed by atoms with E-state index >= 15 is 0 Å². The second-order valence-corrected chi connectivity index (χ2v) is 8.00. The molecule has 6 aromatic rings. The van der Waals surface area contributed by atoms with E-state index in [2.05, 4.69) is 53.5 Å². The molecule has 0 unspecified atom stereocenters. The molecule has 2 heterocycles. The van der Waals surface area contributed by atoms with Crippen molar-refractivity contribution in [1.82, 2.24) is 4.98 Å². The zero-order valence-electron chi connectivity index (χ0n) is 17.8. The molecule has 6 rings (SSSR count). The lowest BCUT2D eigenvalue weighted by molar-refractivity contribution is 0.671. The number of hydrogen-bond donors (Lipinski definition) is 1. The van der Waals surface area contributed by atoms with E-state index in [0.29, 0.717) is 0 Å². The standard InChI is InChI=1S/C30H20N2O/c31-19-22-14-15-24(27-13-7-8-16-32-27)30-28(22)26-18-23(20-9-3-1-4-10-20)17-25(29(26)33-30)21-11-5-2-6-12-21/h1-19,31H. The number of nitrogens with one attached hydrogen (secondary N) is 1. The van der Waals surface area contributed by atoms with Gasteiger partial charge in [0.1, 0.15) is 11.2 Å². The topological polar surface area (TPSA) is 49.9 Å². The molecular formula is C30H20N2O. The molecule has 1 N–H and O–H groups in total. The molecule has 0 aliphatic carbocycles. The molecule has 0 saturated carbocycles. The highest BCUT2D eigenvalue weighted by atomic mass is 16.3. The monoisotopic (exact) mass is 424 g/mol. The number of furan rings is 1. The molecule has 0 aliphatic heterocycles. The van der Waals surface area contributed by atoms with Crippen LogP contribution in [0.1, 0.15) is 5.56 Å². The molecule has 4 aromatic carbocycles. The van der Waals surface area contributed by atoms with Crippen LogP contribution in [-0.2, 0) is 0 Å². The van der Waals surface area contributed by atoms with Crippen LogP contribution in [-0.4, -0.2) is 11.2 Å². The summed E-state index contributed by atoms with van der Waals surface area (Å²) in [6.07, 6.45) is 3.19. The van der Waals surface area contributed by atoms with E-state index in [1.54, 1.807) is 6.20 Å². The van der Waals surface area contributed by atoms with E-state index in [1.807, 2.05) is 54.6 Å². The number of nitrogens with zero attached hydrogens (tertiary/aromatic N) is 1. The van der Waals surface area contributed by atoms with E-state index in [4.69, 9.17) is 9.83 Å². The van der Waals surface area contributed by atoms with Crippen LogP contribution in [0.15, 0.2) is 114 Å². The first kappa shape index (κ1) is 19.2. The lowest BCUT2D eigenvalue weighted by Gasteiger charge is -2.08. The van der Waals surface area contributed by atoms with Gasteiger partial charge in [-0.15, -0.1) is 0 Å². The summed E-state index contributed by atoms with van der Waals surface area (Å²) in [5.41, 5.74) is 8.56. The molecular weight excluding hydrogens is 404 g/mol. The second kappa shape index (κ2) is 7.88. The minimum Gasteiger partial charge on any atom is -0.455 e. The van der Waals surface area contributed by atoms with Crippen molar-refractivity contribution in [1.29, 1.82) is 5.41 Å². The predicted molar refractivity (Wildman–Crippen MR) is 136 cm³/mol. The van der Waals surface area contributed by atoms with Gasteiger partial charge in [0.05, 0.1) is 5.69 Å². The fraction of sp³-hybridized carbons (Fsp3) is 0. The van der Waals surface area contributed by atoms with E-state index in [9.17, 15) is 0 Å². The van der Waals surface area contributed by atoms with Gasteiger partial charge >= 0.3 is 0 Å². The molecule has 0 saturated heterocycles. The summed E-state index contributed by atoms with van der Waals surface area (Å²) in [6.45, 7) is 0. The third kappa shape index (κ3) is 3.22. The summed E-state index contributed by atoms with van der Waals surface area (Å²) < 4.78 is 6.61. The molecule has 156 valence electrons. The molecule has 0 spiro atoms. The van der Waals surface area contributed by atoms with Crippen molar-refractivity contribution in [3.8, 4) is 33.5 Å². The van der Waals surface area contributed by atoms with Crippen molar-refractivity contribution in [2.75, 3.05) is 0 Å². The van der Waals surface area contributed by atoms with Crippen molar-refractivity contribution >= 4 is 28.2 Å². The number of fused-ring (bicyclic) bond motifs is 3. The van der Waals surface area contributed by atoms with Gasteiger partial charge in [0.25, 0.3) is 0 Å². The zero-order valence-corrected chi connectivity index (χ0v) is 17.8. The quantitative estimate of drug-likeness (QED) is 0.292. The van der Waals surface area contributed by atoms with Crippen LogP contribution >= 0.6 is 0 Å². The number of pyridine rings is 1. The molecule has 0 bridgehead atoms. The van der Waals surface area contributed by atoms with Crippen molar-refractivity contribution in [2.45, 2.75) is 0 Å². The van der Waals surface area contributed by atoms with Crippen LogP contribution < -0.4 is 0 Å². The summed E-state index contributed by atoms with van der Waals surface area (Å²) >= 11 is 0. The first-order chi connectivity index (χ1) is 16.3. The summed E-state index contributed by atoms with van der Waals surface area (Å²) in [7, 11) is 0. The Balaban J connectivity index is 1.76. The van der Waals surface area contributed by atoms with Crippen molar-refractivity contribution < 1.29 is 4.42 Å². The minimum absolute atomic E-state index is 0.757. The van der Waals surface area contributed by atoms with Gasteiger partial charge in [-0.05, 0) is 47.0 Å². The SMILES string of the molecule is N=Cc1ccc(-c2ccccn2)c2oc3c(-c4ccccc4)cc(-c4ccccc4)cc3c12. The number of aromatic nitrogens is 1. The van der Waals surface area contributed by atoms with Gasteiger partial charge in [0.15, 0.2) is 0 Å². The first-order valence-corrected chi connectivity index (χ1v) is 10.9. The van der Waals surface area contributed by atoms with Crippen LogP contribution in [0.2, 0.25) is 0 Å². The summed E-state index contributed by atoms with van der Waals surface area (Å²) in [5, 5.41) is 10.0. The largest absolute Gasteiger partial charge is 0.455 e. The molecule has 0 radical (unpaired) electrons. The maximum Gasteiger partial charge on any atom is 0.145 e. The van der Waals surface area contributed by atoms with E-state index < -0.39 is 0 Å². The molecule has 0 amide bonds. The Kier molecular flexibility index (Phi) is 4.59. The Hall–Kier alpha value is -4.50. The van der Waals surface area contributed by atoms with Gasteiger partial charge in [0, 0.05) is 39.9 Å². The maximum atomic E-state index is 8.07. The highest BCUT2D eigenvalue weighted by Gasteiger charge is 2.20. The molecule has 33 heavy (non-hydrogen) atoms. The van der Waals surface area contributed by atoms with Crippen LogP contribution in [0.3, 0.4) is 0 Å². The fourth-order valence-corrected chi connectivity index (χ4v) is 4.48. The lowest BCUT2D eigenvalue weighted by Crippen LogP contribution is -1.87. The smallest absolute Gasteiger partial charge is 0.145 e. The van der Waals surface area contributed by atoms with Gasteiger partial charge < -0.3 is 9.83 Å². The number of benzene rings is 4. The maximum absolute atomic E-state index is 8.07. The highest BCUT2D eigenvalue weighted by molar-refractivity contribution is 6.19. The Labute approximate surface area is 191 Å². The van der Waals surface area contributed by atoms with Crippen LogP contribution in [0, 0.1) is 5.41 Å². The number of rotatable bonds is 4. The van der Waals surface area contributed by atoms with Gasteiger partial charge in [-0.2, -0.15) is 0 Å². The fourth-order valence-electron chi connectivity index (χ4n) is 4.48. The van der Waals surface area contributed by atoms with Crippen LogP contribution in [0.4, 0.5) is 0 Å². The third-order valence-corrected chi connectivity index (χ3v) is 6.04. The Morgan fingerprint density at radius 3 is 2.06 bits per heavy atom. The van der Waals surface area contributed by atoms with Gasteiger partial charge in [-0.1, -0.05) is 72.8 Å². The van der Waals surface area contributed by atoms with Crippen molar-refractivity contribution in [2.24, 2.45) is 0 Å². The van der Waals surface area contributed by atoms with Gasteiger partial charge in [-0.3, -0.25) is 4.98 Å². The average Bonchev–Trinajstić information content (AvgIpc) is 3.29. The Morgan fingerprint density at radius 1 is 0.636 bits per heavy atom. The molecule has 0 aliphatic rings. The summed E-state index contributed by atoms with van der Waals surface area (Å²) in [6, 6.07) is 34.9. The van der Waals surface area contributed by atoms with Crippen LogP contribution in [0.5, 0.6) is 0 Å². The minimum atomic E-state index is 0.757.